The van der Waals surface area contributed by atoms with Crippen LogP contribution in [0.4, 0.5) is 0 Å². The standard InChI is InChI=1S/C36H28NO2P/c1-3-11-25(12-4-1)31-23-37(24-32(31)26-13-5-2-6-14-26)40-38-33-21-19-27-15-7-9-17-29(27)35(33)36-30-18-10-8-16-28(30)20-22-34(36)39-40/h1-22,31-32H,23-24H2/t31-,32-/m1/s1. The highest BCUT2D eigenvalue weighted by atomic mass is 31.1. The van der Waals surface area contributed by atoms with Crippen LogP contribution in [-0.4, -0.2) is 13.1 Å². The van der Waals surface area contributed by atoms with Crippen molar-refractivity contribution in [3.63, 3.8) is 0 Å². The van der Waals surface area contributed by atoms with E-state index in [1.807, 2.05) is 0 Å². The molecule has 8 rings (SSSR count). The van der Waals surface area contributed by atoms with Gasteiger partial charge in [0.05, 0.1) is 0 Å². The van der Waals surface area contributed by atoms with Crippen LogP contribution in [0.25, 0.3) is 43.5 Å². The van der Waals surface area contributed by atoms with Crippen molar-refractivity contribution in [2.24, 2.45) is 0 Å². The minimum atomic E-state index is -1.38. The first-order chi connectivity index (χ1) is 19.8. The van der Waals surface area contributed by atoms with Crippen LogP contribution in [0.2, 0.25) is 0 Å². The highest BCUT2D eigenvalue weighted by Gasteiger charge is 2.37. The molecule has 2 heterocycles. The van der Waals surface area contributed by atoms with Gasteiger partial charge in [-0.15, -0.1) is 0 Å². The molecule has 0 radical (unpaired) electrons. The van der Waals surface area contributed by atoms with E-state index in [9.17, 15) is 0 Å². The van der Waals surface area contributed by atoms with Crippen molar-refractivity contribution in [2.75, 3.05) is 17.8 Å². The Bertz CT molecular complexity index is 1890. The minimum absolute atomic E-state index is 0.355. The normalized spacial score (nSPS) is 17.7. The molecular weight excluding hydrogens is 509 g/mol. The van der Waals surface area contributed by atoms with E-state index in [4.69, 9.17) is 8.39 Å². The van der Waals surface area contributed by atoms with Crippen molar-refractivity contribution in [2.45, 2.75) is 11.8 Å². The average Bonchev–Trinajstić information content (AvgIpc) is 3.39. The van der Waals surface area contributed by atoms with Gasteiger partial charge in [0.25, 0.3) is 0 Å². The summed E-state index contributed by atoms with van der Waals surface area (Å²) in [4.78, 5) is 0. The molecule has 0 aliphatic carbocycles. The van der Waals surface area contributed by atoms with Gasteiger partial charge in [-0.3, -0.25) is 0 Å². The van der Waals surface area contributed by atoms with Crippen LogP contribution in [0.15, 0.2) is 142 Å². The van der Waals surface area contributed by atoms with Crippen molar-refractivity contribution in [1.29, 1.82) is 0 Å². The monoisotopic (exact) mass is 537 g/mol. The highest BCUT2D eigenvalue weighted by molar-refractivity contribution is 7.39. The van der Waals surface area contributed by atoms with Gasteiger partial charge in [0.1, 0.15) is 11.2 Å². The number of fused-ring (bicyclic) bond motifs is 7. The molecule has 4 heteroatoms. The van der Waals surface area contributed by atoms with E-state index in [1.54, 1.807) is 0 Å². The summed E-state index contributed by atoms with van der Waals surface area (Å²) in [5, 5.41) is 7.00. The van der Waals surface area contributed by atoms with Crippen LogP contribution in [0, 0.1) is 0 Å². The lowest BCUT2D eigenvalue weighted by Crippen LogP contribution is -2.15. The molecule has 2 atom stereocenters. The third-order valence-corrected chi connectivity index (χ3v) is 9.87. The first-order valence-electron chi connectivity index (χ1n) is 13.9. The first-order valence-corrected chi connectivity index (χ1v) is 15.0. The topological polar surface area (TPSA) is 29.5 Å². The molecule has 1 aliphatic rings. The van der Waals surface area contributed by atoms with Gasteiger partial charge in [-0.2, -0.15) is 0 Å². The molecule has 1 aromatic heterocycles. The summed E-state index contributed by atoms with van der Waals surface area (Å²) < 4.78 is 16.3. The third kappa shape index (κ3) is 3.93. The summed E-state index contributed by atoms with van der Waals surface area (Å²) in [5.74, 6) is 0.711. The zero-order chi connectivity index (χ0) is 26.5. The molecule has 0 bridgehead atoms. The molecule has 0 N–H and O–H groups in total. The number of hydrogen-bond acceptors (Lipinski definition) is 3. The summed E-state index contributed by atoms with van der Waals surface area (Å²) in [6.45, 7) is 1.75. The van der Waals surface area contributed by atoms with E-state index >= 15 is 0 Å². The molecule has 0 spiro atoms. The van der Waals surface area contributed by atoms with Gasteiger partial charge >= 0.3 is 8.16 Å². The zero-order valence-electron chi connectivity index (χ0n) is 22.0. The number of hydrogen-bond donors (Lipinski definition) is 0. The SMILES string of the molecule is c1ccc([C@H]2CN(p3oc4ccc5ccccc5c4c4c(ccc5ccccc54)o3)C[C@@H]2c2ccccc2)cc1. The largest absolute Gasteiger partial charge is 0.408 e. The van der Waals surface area contributed by atoms with E-state index in [1.165, 1.54) is 32.7 Å². The van der Waals surface area contributed by atoms with Gasteiger partial charge < -0.3 is 8.39 Å². The van der Waals surface area contributed by atoms with Gasteiger partial charge in [-0.05, 0) is 44.8 Å². The Labute approximate surface area is 233 Å². The predicted octanol–water partition coefficient (Wildman–Crippen LogP) is 10.1. The predicted molar refractivity (Wildman–Crippen MR) is 168 cm³/mol. The number of benzene rings is 6. The number of nitrogens with zero attached hydrogens (tertiary/aromatic N) is 1. The molecule has 0 unspecified atom stereocenters. The lowest BCUT2D eigenvalue weighted by atomic mass is 9.84. The van der Waals surface area contributed by atoms with E-state index in [2.05, 4.69) is 138 Å². The molecule has 0 amide bonds. The highest BCUT2D eigenvalue weighted by Crippen LogP contribution is 2.48. The second-order valence-electron chi connectivity index (χ2n) is 10.6. The second-order valence-corrected chi connectivity index (χ2v) is 12.1. The fourth-order valence-electron chi connectivity index (χ4n) is 6.47. The number of rotatable bonds is 3. The van der Waals surface area contributed by atoms with Gasteiger partial charge in [-0.25, -0.2) is 4.67 Å². The summed E-state index contributed by atoms with van der Waals surface area (Å²) in [6, 6.07) is 47.6. The van der Waals surface area contributed by atoms with Crippen LogP contribution in [-0.2, 0) is 0 Å². The zero-order valence-corrected chi connectivity index (χ0v) is 22.9. The summed E-state index contributed by atoms with van der Waals surface area (Å²) in [6.07, 6.45) is 0. The first kappa shape index (κ1) is 23.6. The van der Waals surface area contributed by atoms with Crippen LogP contribution in [0.3, 0.4) is 0 Å². The Kier molecular flexibility index (Phi) is 5.72. The molecule has 0 saturated carbocycles. The Morgan fingerprint density at radius 3 is 1.38 bits per heavy atom. The van der Waals surface area contributed by atoms with E-state index in [0.717, 1.165) is 35.0 Å². The maximum atomic E-state index is 6.92. The van der Waals surface area contributed by atoms with Crippen LogP contribution in [0.5, 0.6) is 0 Å². The minimum Gasteiger partial charge on any atom is -0.408 e. The summed E-state index contributed by atoms with van der Waals surface area (Å²) in [7, 11) is -1.38. The fraction of sp³-hybridized carbons (Fsp3) is 0.111. The van der Waals surface area contributed by atoms with Crippen molar-refractivity contribution < 1.29 is 8.39 Å². The van der Waals surface area contributed by atoms with Gasteiger partial charge in [-0.1, -0.05) is 121 Å². The van der Waals surface area contributed by atoms with Gasteiger partial charge in [0.2, 0.25) is 0 Å². The van der Waals surface area contributed by atoms with Crippen molar-refractivity contribution in [3.05, 3.63) is 145 Å². The van der Waals surface area contributed by atoms with E-state index in [0.29, 0.717) is 11.8 Å². The summed E-state index contributed by atoms with van der Waals surface area (Å²) in [5.41, 5.74) is 4.50. The molecule has 3 nitrogen and oxygen atoms in total. The average molecular weight is 538 g/mol. The fourth-order valence-corrected chi connectivity index (χ4v) is 7.99. The lowest BCUT2D eigenvalue weighted by Gasteiger charge is -2.19. The lowest BCUT2D eigenvalue weighted by molar-refractivity contribution is 0.628. The smallest absolute Gasteiger partial charge is 0.309 e. The third-order valence-electron chi connectivity index (χ3n) is 8.37. The molecule has 1 saturated heterocycles. The van der Waals surface area contributed by atoms with Crippen molar-refractivity contribution >= 4 is 51.6 Å². The van der Waals surface area contributed by atoms with Crippen LogP contribution < -0.4 is 4.67 Å². The quantitative estimate of drug-likeness (QED) is 0.225. The van der Waals surface area contributed by atoms with E-state index < -0.39 is 8.16 Å². The van der Waals surface area contributed by atoms with Crippen molar-refractivity contribution in [3.8, 4) is 0 Å². The molecule has 194 valence electrons. The molecule has 7 aromatic rings. The van der Waals surface area contributed by atoms with Crippen LogP contribution >= 0.6 is 8.16 Å². The molecule has 1 aliphatic heterocycles. The molecular formula is C36H28NO2P. The Balaban J connectivity index is 1.38. The molecule has 6 aromatic carbocycles. The Morgan fingerprint density at radius 2 is 0.900 bits per heavy atom. The summed E-state index contributed by atoms with van der Waals surface area (Å²) >= 11 is 0. The maximum Gasteiger partial charge on any atom is 0.309 e. The maximum absolute atomic E-state index is 6.92. The van der Waals surface area contributed by atoms with Crippen molar-refractivity contribution in [1.82, 2.24) is 0 Å². The Morgan fingerprint density at radius 1 is 0.475 bits per heavy atom. The molecule has 1 fully saturated rings. The van der Waals surface area contributed by atoms with E-state index in [-0.39, 0.29) is 0 Å². The Hall–Kier alpha value is -4.30. The second kappa shape index (κ2) is 9.71. The van der Waals surface area contributed by atoms with Crippen LogP contribution in [0.1, 0.15) is 23.0 Å². The van der Waals surface area contributed by atoms with Gasteiger partial charge in [0, 0.05) is 35.7 Å². The molecule has 40 heavy (non-hydrogen) atoms. The van der Waals surface area contributed by atoms with Gasteiger partial charge in [0.15, 0.2) is 0 Å².